The molecule has 0 saturated heterocycles. The molecular weight excluding hydrogens is 210 g/mol. The van der Waals surface area contributed by atoms with Crippen molar-refractivity contribution in [2.24, 2.45) is 7.05 Å². The summed E-state index contributed by atoms with van der Waals surface area (Å²) in [6.45, 7) is 4.22. The molecule has 0 spiro atoms. The number of fused-ring (bicyclic) bond motifs is 3. The lowest BCUT2D eigenvalue weighted by atomic mass is 9.92. The minimum Gasteiger partial charge on any atom is -0.347 e. The van der Waals surface area contributed by atoms with Crippen molar-refractivity contribution < 1.29 is 4.79 Å². The molecule has 2 heteroatoms. The lowest BCUT2D eigenvalue weighted by molar-refractivity contribution is 0.0973. The predicted octanol–water partition coefficient (Wildman–Crippen LogP) is 3.31. The Labute approximate surface area is 101 Å². The van der Waals surface area contributed by atoms with Gasteiger partial charge in [-0.3, -0.25) is 4.79 Å². The van der Waals surface area contributed by atoms with Gasteiger partial charge in [0.05, 0.1) is 0 Å². The molecule has 0 atom stereocenters. The minimum atomic E-state index is 0.323. The maximum Gasteiger partial charge on any atom is 0.165 e. The number of rotatable bonds is 0. The second kappa shape index (κ2) is 3.46. The Hall–Kier alpha value is -1.57. The van der Waals surface area contributed by atoms with E-state index in [0.29, 0.717) is 12.2 Å². The number of hydrogen-bond donors (Lipinski definition) is 0. The average Bonchev–Trinajstić information content (AvgIpc) is 2.55. The zero-order valence-electron chi connectivity index (χ0n) is 10.6. The number of hydrogen-bond acceptors (Lipinski definition) is 1. The first-order valence-corrected chi connectivity index (χ1v) is 6.21. The van der Waals surface area contributed by atoms with Crippen LogP contribution in [-0.2, 0) is 13.5 Å². The van der Waals surface area contributed by atoms with E-state index in [2.05, 4.69) is 37.6 Å². The largest absolute Gasteiger partial charge is 0.347 e. The van der Waals surface area contributed by atoms with E-state index < -0.39 is 0 Å². The van der Waals surface area contributed by atoms with Crippen molar-refractivity contribution in [2.75, 3.05) is 0 Å². The van der Waals surface area contributed by atoms with E-state index in [4.69, 9.17) is 0 Å². The molecule has 1 aromatic heterocycles. The van der Waals surface area contributed by atoms with Crippen LogP contribution in [0.4, 0.5) is 0 Å². The van der Waals surface area contributed by atoms with Crippen LogP contribution in [0, 0.1) is 13.8 Å². The van der Waals surface area contributed by atoms with E-state index in [0.717, 1.165) is 18.4 Å². The first kappa shape index (κ1) is 10.6. The Bertz CT molecular complexity index is 634. The van der Waals surface area contributed by atoms with Gasteiger partial charge in [-0.25, -0.2) is 0 Å². The SMILES string of the molecule is Cc1cc(C)c2c3c(n(C)c2c1)CCCC3=O. The summed E-state index contributed by atoms with van der Waals surface area (Å²) in [6, 6.07) is 4.36. The monoisotopic (exact) mass is 227 g/mol. The van der Waals surface area contributed by atoms with Gasteiger partial charge in [-0.15, -0.1) is 0 Å². The van der Waals surface area contributed by atoms with E-state index in [1.165, 1.54) is 27.7 Å². The number of nitrogens with zero attached hydrogens (tertiary/aromatic N) is 1. The fraction of sp³-hybridized carbons (Fsp3) is 0.400. The third kappa shape index (κ3) is 1.36. The smallest absolute Gasteiger partial charge is 0.165 e. The summed E-state index contributed by atoms with van der Waals surface area (Å²) < 4.78 is 2.21. The van der Waals surface area contributed by atoms with Crippen LogP contribution in [0.1, 0.15) is 40.0 Å². The molecule has 0 amide bonds. The highest BCUT2D eigenvalue weighted by molar-refractivity contribution is 6.11. The van der Waals surface area contributed by atoms with E-state index in [1.807, 2.05) is 0 Å². The quantitative estimate of drug-likeness (QED) is 0.676. The van der Waals surface area contributed by atoms with Crippen LogP contribution in [0.5, 0.6) is 0 Å². The first-order valence-electron chi connectivity index (χ1n) is 6.21. The lowest BCUT2D eigenvalue weighted by Gasteiger charge is -2.12. The maximum absolute atomic E-state index is 12.1. The van der Waals surface area contributed by atoms with Crippen LogP contribution in [0.15, 0.2) is 12.1 Å². The van der Waals surface area contributed by atoms with Crippen molar-refractivity contribution in [3.63, 3.8) is 0 Å². The number of Topliss-reactive ketones (excluding diaryl/α,β-unsaturated/α-hetero) is 1. The van der Waals surface area contributed by atoms with Gasteiger partial charge in [-0.2, -0.15) is 0 Å². The maximum atomic E-state index is 12.1. The minimum absolute atomic E-state index is 0.323. The molecule has 0 N–H and O–H groups in total. The van der Waals surface area contributed by atoms with E-state index in [9.17, 15) is 4.79 Å². The van der Waals surface area contributed by atoms with Crippen molar-refractivity contribution in [3.8, 4) is 0 Å². The summed E-state index contributed by atoms with van der Waals surface area (Å²) >= 11 is 0. The standard InChI is InChI=1S/C15H17NO/c1-9-7-10(2)14-12(8-9)16(3)11-5-4-6-13(17)15(11)14/h7-8H,4-6H2,1-3H3. The van der Waals surface area contributed by atoms with Crippen molar-refractivity contribution in [1.82, 2.24) is 4.57 Å². The van der Waals surface area contributed by atoms with Gasteiger partial charge >= 0.3 is 0 Å². The summed E-state index contributed by atoms with van der Waals surface area (Å²) in [5.41, 5.74) is 5.92. The summed E-state index contributed by atoms with van der Waals surface area (Å²) in [5, 5.41) is 1.18. The van der Waals surface area contributed by atoms with E-state index >= 15 is 0 Å². The van der Waals surface area contributed by atoms with Gasteiger partial charge in [-0.05, 0) is 43.9 Å². The van der Waals surface area contributed by atoms with Gasteiger partial charge in [0.15, 0.2) is 5.78 Å². The number of carbonyl (C=O) groups excluding carboxylic acids is 1. The molecule has 0 saturated carbocycles. The van der Waals surface area contributed by atoms with Gasteiger partial charge in [0.1, 0.15) is 0 Å². The third-order valence-corrected chi connectivity index (χ3v) is 3.86. The number of aromatic nitrogens is 1. The molecular formula is C15H17NO. The molecule has 1 aromatic carbocycles. The lowest BCUT2D eigenvalue weighted by Crippen LogP contribution is -2.11. The van der Waals surface area contributed by atoms with Crippen LogP contribution >= 0.6 is 0 Å². The number of carbonyl (C=O) groups is 1. The van der Waals surface area contributed by atoms with Crippen molar-refractivity contribution in [2.45, 2.75) is 33.1 Å². The molecule has 0 unspecified atom stereocenters. The zero-order valence-corrected chi connectivity index (χ0v) is 10.6. The van der Waals surface area contributed by atoms with Crippen LogP contribution in [-0.4, -0.2) is 10.4 Å². The molecule has 2 aromatic rings. The molecule has 17 heavy (non-hydrogen) atoms. The van der Waals surface area contributed by atoms with E-state index in [-0.39, 0.29) is 0 Å². The fourth-order valence-electron chi connectivity index (χ4n) is 3.13. The van der Waals surface area contributed by atoms with Gasteiger partial charge in [0.2, 0.25) is 0 Å². The van der Waals surface area contributed by atoms with Crippen LogP contribution < -0.4 is 0 Å². The van der Waals surface area contributed by atoms with Gasteiger partial charge in [-0.1, -0.05) is 6.07 Å². The Morgan fingerprint density at radius 3 is 2.71 bits per heavy atom. The predicted molar refractivity (Wildman–Crippen MR) is 69.7 cm³/mol. The molecule has 2 nitrogen and oxygen atoms in total. The van der Waals surface area contributed by atoms with Gasteiger partial charge in [0.25, 0.3) is 0 Å². The Morgan fingerprint density at radius 1 is 1.18 bits per heavy atom. The molecule has 3 rings (SSSR count). The topological polar surface area (TPSA) is 22.0 Å². The van der Waals surface area contributed by atoms with Gasteiger partial charge < -0.3 is 4.57 Å². The highest BCUT2D eigenvalue weighted by Gasteiger charge is 2.25. The Balaban J connectivity index is 2.50. The molecule has 88 valence electrons. The van der Waals surface area contributed by atoms with Crippen LogP contribution in [0.2, 0.25) is 0 Å². The summed E-state index contributed by atoms with van der Waals surface area (Å²) in [4.78, 5) is 12.1. The molecule has 1 aliphatic carbocycles. The normalized spacial score (nSPS) is 15.4. The van der Waals surface area contributed by atoms with Crippen molar-refractivity contribution in [3.05, 3.63) is 34.5 Å². The van der Waals surface area contributed by atoms with Crippen LogP contribution in [0.25, 0.3) is 10.9 Å². The summed E-state index contributed by atoms with van der Waals surface area (Å²) in [5.74, 6) is 0.323. The highest BCUT2D eigenvalue weighted by atomic mass is 16.1. The Kier molecular flexibility index (Phi) is 2.15. The molecule has 0 radical (unpaired) electrons. The summed E-state index contributed by atoms with van der Waals surface area (Å²) in [6.07, 6.45) is 2.73. The molecule has 0 bridgehead atoms. The zero-order chi connectivity index (χ0) is 12.2. The fourth-order valence-corrected chi connectivity index (χ4v) is 3.13. The van der Waals surface area contributed by atoms with Gasteiger partial charge in [0, 0.05) is 35.6 Å². The number of ketones is 1. The molecule has 1 heterocycles. The van der Waals surface area contributed by atoms with Crippen LogP contribution in [0.3, 0.4) is 0 Å². The number of aryl methyl sites for hydroxylation is 3. The highest BCUT2D eigenvalue weighted by Crippen LogP contribution is 2.33. The second-order valence-corrected chi connectivity index (χ2v) is 5.13. The molecule has 0 aliphatic heterocycles. The van der Waals surface area contributed by atoms with Crippen molar-refractivity contribution >= 4 is 16.7 Å². The number of benzene rings is 1. The third-order valence-electron chi connectivity index (χ3n) is 3.86. The first-order chi connectivity index (χ1) is 8.09. The molecule has 1 aliphatic rings. The van der Waals surface area contributed by atoms with E-state index in [1.54, 1.807) is 0 Å². The molecule has 0 fully saturated rings. The van der Waals surface area contributed by atoms with Crippen molar-refractivity contribution in [1.29, 1.82) is 0 Å². The summed E-state index contributed by atoms with van der Waals surface area (Å²) in [7, 11) is 2.08. The second-order valence-electron chi connectivity index (χ2n) is 5.13. The Morgan fingerprint density at radius 2 is 1.94 bits per heavy atom. The average molecular weight is 227 g/mol.